The van der Waals surface area contributed by atoms with E-state index in [0.29, 0.717) is 13.0 Å². The van der Waals surface area contributed by atoms with Gasteiger partial charge in [-0.1, -0.05) is 6.92 Å². The average Bonchev–Trinajstić information content (AvgIpc) is 1.99. The SMILES string of the molecule is CCCS(=O)(=O)NC(C)CCCN. The van der Waals surface area contributed by atoms with Crippen LogP contribution >= 0.6 is 0 Å². The summed E-state index contributed by atoms with van der Waals surface area (Å²) in [5, 5.41) is 0. The van der Waals surface area contributed by atoms with E-state index in [1.54, 1.807) is 0 Å². The molecule has 0 aliphatic rings. The molecule has 13 heavy (non-hydrogen) atoms. The van der Waals surface area contributed by atoms with Gasteiger partial charge in [-0.2, -0.15) is 0 Å². The Morgan fingerprint density at radius 3 is 2.54 bits per heavy atom. The molecule has 0 aliphatic heterocycles. The standard InChI is InChI=1S/C8H20N2O2S/c1-3-7-13(11,12)10-8(2)5-4-6-9/h8,10H,3-7,9H2,1-2H3. The Labute approximate surface area is 80.9 Å². The number of rotatable bonds is 7. The first-order chi connectivity index (χ1) is 6.02. The van der Waals surface area contributed by atoms with Crippen LogP contribution in [0.2, 0.25) is 0 Å². The molecular weight excluding hydrogens is 188 g/mol. The van der Waals surface area contributed by atoms with Crippen molar-refractivity contribution >= 4 is 10.0 Å². The van der Waals surface area contributed by atoms with E-state index in [-0.39, 0.29) is 11.8 Å². The van der Waals surface area contributed by atoms with E-state index in [1.165, 1.54) is 0 Å². The molecule has 1 atom stereocenters. The van der Waals surface area contributed by atoms with Gasteiger partial charge in [0, 0.05) is 6.04 Å². The summed E-state index contributed by atoms with van der Waals surface area (Å²) in [7, 11) is -3.05. The summed E-state index contributed by atoms with van der Waals surface area (Å²) in [5.74, 6) is 0.208. The zero-order valence-corrected chi connectivity index (χ0v) is 9.23. The largest absolute Gasteiger partial charge is 0.330 e. The van der Waals surface area contributed by atoms with E-state index in [1.807, 2.05) is 13.8 Å². The van der Waals surface area contributed by atoms with E-state index in [4.69, 9.17) is 5.73 Å². The fraction of sp³-hybridized carbons (Fsp3) is 1.00. The van der Waals surface area contributed by atoms with Crippen LogP contribution in [0.5, 0.6) is 0 Å². The van der Waals surface area contributed by atoms with Crippen molar-refractivity contribution in [3.63, 3.8) is 0 Å². The molecule has 0 saturated carbocycles. The molecule has 0 aromatic heterocycles. The van der Waals surface area contributed by atoms with Crippen LogP contribution in [0.15, 0.2) is 0 Å². The Kier molecular flexibility index (Phi) is 6.28. The lowest BCUT2D eigenvalue weighted by atomic mass is 10.2. The number of nitrogens with one attached hydrogen (secondary N) is 1. The highest BCUT2D eigenvalue weighted by Gasteiger charge is 2.12. The second-order valence-electron chi connectivity index (χ2n) is 3.27. The molecule has 3 N–H and O–H groups in total. The van der Waals surface area contributed by atoms with Gasteiger partial charge in [-0.25, -0.2) is 13.1 Å². The molecule has 0 spiro atoms. The van der Waals surface area contributed by atoms with Crippen LogP contribution in [0.1, 0.15) is 33.1 Å². The van der Waals surface area contributed by atoms with E-state index in [2.05, 4.69) is 4.72 Å². The van der Waals surface area contributed by atoms with E-state index >= 15 is 0 Å². The summed E-state index contributed by atoms with van der Waals surface area (Å²) in [5.41, 5.74) is 5.32. The third-order valence-electron chi connectivity index (χ3n) is 1.69. The lowest BCUT2D eigenvalue weighted by molar-refractivity contribution is 0.538. The summed E-state index contributed by atoms with van der Waals surface area (Å²) in [6, 6.07) is 0.0000926. The molecule has 0 fully saturated rings. The minimum atomic E-state index is -3.05. The molecule has 0 aromatic carbocycles. The van der Waals surface area contributed by atoms with Crippen molar-refractivity contribution in [3.8, 4) is 0 Å². The fourth-order valence-corrected chi connectivity index (χ4v) is 2.50. The van der Waals surface area contributed by atoms with Crippen molar-refractivity contribution in [2.45, 2.75) is 39.2 Å². The maximum Gasteiger partial charge on any atom is 0.211 e. The molecule has 0 radical (unpaired) electrons. The molecule has 0 amide bonds. The summed E-state index contributed by atoms with van der Waals surface area (Å²) in [4.78, 5) is 0. The summed E-state index contributed by atoms with van der Waals surface area (Å²) < 4.78 is 25.1. The zero-order chi connectivity index (χ0) is 10.3. The first-order valence-electron chi connectivity index (χ1n) is 4.72. The molecule has 0 saturated heterocycles. The Hall–Kier alpha value is -0.130. The third kappa shape index (κ3) is 6.98. The molecular formula is C8H20N2O2S. The normalized spacial score (nSPS) is 14.4. The first kappa shape index (κ1) is 12.9. The van der Waals surface area contributed by atoms with Gasteiger partial charge in [0.15, 0.2) is 0 Å². The van der Waals surface area contributed by atoms with Gasteiger partial charge >= 0.3 is 0 Å². The minimum Gasteiger partial charge on any atom is -0.330 e. The van der Waals surface area contributed by atoms with Crippen molar-refractivity contribution < 1.29 is 8.42 Å². The van der Waals surface area contributed by atoms with Gasteiger partial charge in [0.1, 0.15) is 0 Å². The number of hydrogen-bond donors (Lipinski definition) is 2. The third-order valence-corrected chi connectivity index (χ3v) is 3.40. The zero-order valence-electron chi connectivity index (χ0n) is 8.41. The van der Waals surface area contributed by atoms with Crippen LogP contribution in [-0.4, -0.2) is 26.8 Å². The van der Waals surface area contributed by atoms with Gasteiger partial charge in [-0.05, 0) is 32.7 Å². The maximum absolute atomic E-state index is 11.3. The van der Waals surface area contributed by atoms with Crippen LogP contribution in [0, 0.1) is 0 Å². The fourth-order valence-electron chi connectivity index (χ4n) is 1.12. The molecule has 80 valence electrons. The molecule has 0 aromatic rings. The Morgan fingerprint density at radius 2 is 2.08 bits per heavy atom. The minimum absolute atomic E-state index is 0.0000926. The number of nitrogens with two attached hydrogens (primary N) is 1. The van der Waals surface area contributed by atoms with E-state index in [9.17, 15) is 8.42 Å². The topological polar surface area (TPSA) is 72.2 Å². The van der Waals surface area contributed by atoms with Gasteiger partial charge in [0.25, 0.3) is 0 Å². The van der Waals surface area contributed by atoms with Crippen molar-refractivity contribution in [1.82, 2.24) is 4.72 Å². The quantitative estimate of drug-likeness (QED) is 0.638. The predicted octanol–water partition coefficient (Wildman–Crippen LogP) is 0.443. The second kappa shape index (κ2) is 6.34. The molecule has 5 heteroatoms. The van der Waals surface area contributed by atoms with Gasteiger partial charge < -0.3 is 5.73 Å². The predicted molar refractivity (Wildman–Crippen MR) is 55.0 cm³/mol. The maximum atomic E-state index is 11.3. The first-order valence-corrected chi connectivity index (χ1v) is 6.37. The van der Waals surface area contributed by atoms with Crippen molar-refractivity contribution in [1.29, 1.82) is 0 Å². The van der Waals surface area contributed by atoms with Crippen LogP contribution < -0.4 is 10.5 Å². The molecule has 1 unspecified atom stereocenters. The van der Waals surface area contributed by atoms with E-state index in [0.717, 1.165) is 12.8 Å². The summed E-state index contributed by atoms with van der Waals surface area (Å²) in [6.07, 6.45) is 2.31. The lowest BCUT2D eigenvalue weighted by Crippen LogP contribution is -2.34. The number of hydrogen-bond acceptors (Lipinski definition) is 3. The highest BCUT2D eigenvalue weighted by molar-refractivity contribution is 7.89. The van der Waals surface area contributed by atoms with Crippen LogP contribution in [0.4, 0.5) is 0 Å². The van der Waals surface area contributed by atoms with Gasteiger partial charge in [-0.3, -0.25) is 0 Å². The number of sulfonamides is 1. The van der Waals surface area contributed by atoms with Crippen molar-refractivity contribution in [2.75, 3.05) is 12.3 Å². The monoisotopic (exact) mass is 208 g/mol. The smallest absolute Gasteiger partial charge is 0.211 e. The molecule has 0 aliphatic carbocycles. The Balaban J connectivity index is 3.82. The lowest BCUT2D eigenvalue weighted by Gasteiger charge is -2.12. The van der Waals surface area contributed by atoms with Crippen molar-refractivity contribution in [3.05, 3.63) is 0 Å². The molecule has 0 heterocycles. The van der Waals surface area contributed by atoms with Gasteiger partial charge in [-0.15, -0.1) is 0 Å². The van der Waals surface area contributed by atoms with Crippen molar-refractivity contribution in [2.24, 2.45) is 5.73 Å². The second-order valence-corrected chi connectivity index (χ2v) is 5.14. The molecule has 4 nitrogen and oxygen atoms in total. The summed E-state index contributed by atoms with van der Waals surface area (Å²) in [6.45, 7) is 4.33. The summed E-state index contributed by atoms with van der Waals surface area (Å²) >= 11 is 0. The van der Waals surface area contributed by atoms with Gasteiger partial charge in [0.05, 0.1) is 5.75 Å². The van der Waals surface area contributed by atoms with Crippen LogP contribution in [0.25, 0.3) is 0 Å². The highest BCUT2D eigenvalue weighted by Crippen LogP contribution is 1.98. The van der Waals surface area contributed by atoms with Crippen LogP contribution in [-0.2, 0) is 10.0 Å². The van der Waals surface area contributed by atoms with Crippen LogP contribution in [0.3, 0.4) is 0 Å². The average molecular weight is 208 g/mol. The van der Waals surface area contributed by atoms with E-state index < -0.39 is 10.0 Å². The molecule has 0 bridgehead atoms. The Bertz CT molecular complexity index is 214. The van der Waals surface area contributed by atoms with Gasteiger partial charge in [0.2, 0.25) is 10.0 Å². The Morgan fingerprint density at radius 1 is 1.46 bits per heavy atom. The highest BCUT2D eigenvalue weighted by atomic mass is 32.2. The molecule has 0 rings (SSSR count).